The Morgan fingerprint density at radius 2 is 1.86 bits per heavy atom. The summed E-state index contributed by atoms with van der Waals surface area (Å²) in [6, 6.07) is 9.83. The summed E-state index contributed by atoms with van der Waals surface area (Å²) < 4.78 is 5.14. The molecule has 0 heterocycles. The van der Waals surface area contributed by atoms with Crippen molar-refractivity contribution in [1.82, 2.24) is 5.32 Å². The van der Waals surface area contributed by atoms with Crippen molar-refractivity contribution in [2.75, 3.05) is 0 Å². The SMILES string of the molecule is CC(=O)OC(/C=C/c1ccccc1)C(=O)NC1CCCCC1. The topological polar surface area (TPSA) is 55.4 Å². The van der Waals surface area contributed by atoms with E-state index >= 15 is 0 Å². The molecule has 0 spiro atoms. The normalized spacial score (nSPS) is 17.1. The Bertz CT molecular complexity index is 518. The summed E-state index contributed by atoms with van der Waals surface area (Å²) in [6.45, 7) is 1.32. The van der Waals surface area contributed by atoms with Gasteiger partial charge in [0, 0.05) is 13.0 Å². The van der Waals surface area contributed by atoms with Gasteiger partial charge in [0.25, 0.3) is 5.91 Å². The monoisotopic (exact) mass is 301 g/mol. The van der Waals surface area contributed by atoms with Crippen LogP contribution < -0.4 is 5.32 Å². The Balaban J connectivity index is 1.99. The van der Waals surface area contributed by atoms with E-state index < -0.39 is 12.1 Å². The molecule has 0 aromatic heterocycles. The van der Waals surface area contributed by atoms with Gasteiger partial charge in [0.15, 0.2) is 6.10 Å². The van der Waals surface area contributed by atoms with Crippen LogP contribution in [0.5, 0.6) is 0 Å². The van der Waals surface area contributed by atoms with Gasteiger partial charge in [0.2, 0.25) is 0 Å². The lowest BCUT2D eigenvalue weighted by Gasteiger charge is -2.24. The lowest BCUT2D eigenvalue weighted by Crippen LogP contribution is -2.43. The van der Waals surface area contributed by atoms with Gasteiger partial charge in [-0.15, -0.1) is 0 Å². The molecule has 1 amide bonds. The number of rotatable bonds is 5. The standard InChI is InChI=1S/C18H23NO3/c1-14(20)22-17(13-12-15-8-4-2-5-9-15)18(21)19-16-10-6-3-7-11-16/h2,4-5,8-9,12-13,16-17H,3,6-7,10-11H2,1H3,(H,19,21)/b13-12+. The maximum Gasteiger partial charge on any atom is 0.303 e. The van der Waals surface area contributed by atoms with Crippen LogP contribution in [0.25, 0.3) is 6.08 Å². The third kappa shape index (κ3) is 5.35. The predicted octanol–water partition coefficient (Wildman–Crippen LogP) is 3.08. The van der Waals surface area contributed by atoms with Crippen LogP contribution in [-0.4, -0.2) is 24.0 Å². The van der Waals surface area contributed by atoms with Crippen LogP contribution in [-0.2, 0) is 14.3 Å². The van der Waals surface area contributed by atoms with Crippen molar-refractivity contribution in [3.63, 3.8) is 0 Å². The number of nitrogens with one attached hydrogen (secondary N) is 1. The first-order valence-electron chi connectivity index (χ1n) is 7.86. The van der Waals surface area contributed by atoms with Crippen molar-refractivity contribution >= 4 is 18.0 Å². The molecule has 22 heavy (non-hydrogen) atoms. The molecule has 1 fully saturated rings. The van der Waals surface area contributed by atoms with Crippen molar-refractivity contribution < 1.29 is 14.3 Å². The zero-order chi connectivity index (χ0) is 15.8. The lowest BCUT2D eigenvalue weighted by atomic mass is 9.95. The first-order valence-corrected chi connectivity index (χ1v) is 7.86. The minimum Gasteiger partial charge on any atom is -0.448 e. The van der Waals surface area contributed by atoms with Gasteiger partial charge in [-0.3, -0.25) is 9.59 Å². The van der Waals surface area contributed by atoms with E-state index in [1.54, 1.807) is 12.2 Å². The van der Waals surface area contributed by atoms with Crippen molar-refractivity contribution in [3.8, 4) is 0 Å². The second-order valence-corrected chi connectivity index (χ2v) is 5.64. The second-order valence-electron chi connectivity index (χ2n) is 5.64. The minimum absolute atomic E-state index is 0.199. The van der Waals surface area contributed by atoms with Crippen LogP contribution in [0.1, 0.15) is 44.6 Å². The lowest BCUT2D eigenvalue weighted by molar-refractivity contribution is -0.151. The van der Waals surface area contributed by atoms with Crippen molar-refractivity contribution in [2.45, 2.75) is 51.2 Å². The highest BCUT2D eigenvalue weighted by molar-refractivity contribution is 5.86. The predicted molar refractivity (Wildman–Crippen MR) is 86.0 cm³/mol. The highest BCUT2D eigenvalue weighted by Crippen LogP contribution is 2.17. The van der Waals surface area contributed by atoms with Gasteiger partial charge >= 0.3 is 5.97 Å². The summed E-state index contributed by atoms with van der Waals surface area (Å²) in [4.78, 5) is 23.6. The molecule has 0 saturated heterocycles. The highest BCUT2D eigenvalue weighted by atomic mass is 16.5. The summed E-state index contributed by atoms with van der Waals surface area (Å²) in [7, 11) is 0. The van der Waals surface area contributed by atoms with Gasteiger partial charge < -0.3 is 10.1 Å². The van der Waals surface area contributed by atoms with E-state index in [1.807, 2.05) is 30.3 Å². The van der Waals surface area contributed by atoms with Crippen LogP contribution >= 0.6 is 0 Å². The fourth-order valence-electron chi connectivity index (χ4n) is 2.65. The van der Waals surface area contributed by atoms with E-state index in [-0.39, 0.29) is 11.9 Å². The number of carbonyl (C=O) groups excluding carboxylic acids is 2. The van der Waals surface area contributed by atoms with Crippen LogP contribution in [0, 0.1) is 0 Å². The molecule has 4 nitrogen and oxygen atoms in total. The molecule has 2 rings (SSSR count). The number of benzene rings is 1. The molecule has 1 aliphatic carbocycles. The Morgan fingerprint density at radius 1 is 1.18 bits per heavy atom. The molecule has 118 valence electrons. The summed E-state index contributed by atoms with van der Waals surface area (Å²) in [5.74, 6) is -0.698. The van der Waals surface area contributed by atoms with E-state index in [4.69, 9.17) is 4.74 Å². The van der Waals surface area contributed by atoms with Crippen molar-refractivity contribution in [3.05, 3.63) is 42.0 Å². The number of amides is 1. The van der Waals surface area contributed by atoms with Gasteiger partial charge in [-0.25, -0.2) is 0 Å². The molecule has 1 aromatic rings. The van der Waals surface area contributed by atoms with Crippen molar-refractivity contribution in [1.29, 1.82) is 0 Å². The van der Waals surface area contributed by atoms with Gasteiger partial charge in [-0.05, 0) is 24.5 Å². The van der Waals surface area contributed by atoms with Gasteiger partial charge in [0.1, 0.15) is 0 Å². The summed E-state index contributed by atoms with van der Waals surface area (Å²) >= 11 is 0. The van der Waals surface area contributed by atoms with E-state index in [0.717, 1.165) is 31.2 Å². The van der Waals surface area contributed by atoms with E-state index in [9.17, 15) is 9.59 Å². The molecule has 1 aliphatic rings. The third-order valence-corrected chi connectivity index (χ3v) is 3.77. The summed E-state index contributed by atoms with van der Waals surface area (Å²) in [5, 5.41) is 2.99. The molecule has 1 N–H and O–H groups in total. The first-order chi connectivity index (χ1) is 10.6. The fourth-order valence-corrected chi connectivity index (χ4v) is 2.65. The molecule has 0 bridgehead atoms. The quantitative estimate of drug-likeness (QED) is 0.850. The number of hydrogen-bond donors (Lipinski definition) is 1. The average molecular weight is 301 g/mol. The molecule has 1 atom stereocenters. The summed E-state index contributed by atoms with van der Waals surface area (Å²) in [6.07, 6.45) is 8.07. The third-order valence-electron chi connectivity index (χ3n) is 3.77. The molecule has 0 radical (unpaired) electrons. The zero-order valence-electron chi connectivity index (χ0n) is 13.0. The fraction of sp³-hybridized carbons (Fsp3) is 0.444. The number of esters is 1. The molecule has 1 saturated carbocycles. The number of carbonyl (C=O) groups is 2. The summed E-state index contributed by atoms with van der Waals surface area (Å²) in [5.41, 5.74) is 0.963. The molecular formula is C18H23NO3. The Labute approximate surface area is 131 Å². The Hall–Kier alpha value is -2.10. The molecular weight excluding hydrogens is 278 g/mol. The minimum atomic E-state index is -0.875. The van der Waals surface area contributed by atoms with Crippen LogP contribution in [0.4, 0.5) is 0 Å². The molecule has 1 aromatic carbocycles. The van der Waals surface area contributed by atoms with Crippen LogP contribution in [0.3, 0.4) is 0 Å². The van der Waals surface area contributed by atoms with Gasteiger partial charge in [0.05, 0.1) is 0 Å². The number of ether oxygens (including phenoxy) is 1. The van der Waals surface area contributed by atoms with E-state index in [1.165, 1.54) is 13.3 Å². The van der Waals surface area contributed by atoms with Crippen molar-refractivity contribution in [2.24, 2.45) is 0 Å². The maximum atomic E-state index is 12.3. The zero-order valence-corrected chi connectivity index (χ0v) is 13.0. The number of hydrogen-bond acceptors (Lipinski definition) is 3. The Morgan fingerprint density at radius 3 is 2.50 bits per heavy atom. The first kappa shape index (κ1) is 16.3. The maximum absolute atomic E-state index is 12.3. The molecule has 1 unspecified atom stereocenters. The average Bonchev–Trinajstić information content (AvgIpc) is 2.53. The van der Waals surface area contributed by atoms with E-state index in [0.29, 0.717) is 0 Å². The smallest absolute Gasteiger partial charge is 0.303 e. The van der Waals surface area contributed by atoms with Crippen LogP contribution in [0.2, 0.25) is 0 Å². The van der Waals surface area contributed by atoms with Crippen LogP contribution in [0.15, 0.2) is 36.4 Å². The van der Waals surface area contributed by atoms with E-state index in [2.05, 4.69) is 5.32 Å². The molecule has 0 aliphatic heterocycles. The van der Waals surface area contributed by atoms with Gasteiger partial charge in [-0.2, -0.15) is 0 Å². The largest absolute Gasteiger partial charge is 0.448 e. The highest BCUT2D eigenvalue weighted by Gasteiger charge is 2.22. The van der Waals surface area contributed by atoms with Gasteiger partial charge in [-0.1, -0.05) is 55.7 Å². The second kappa shape index (κ2) is 8.37. The molecule has 4 heteroatoms. The Kier molecular flexibility index (Phi) is 6.19.